The Hall–Kier alpha value is -0.420. The molecule has 2 unspecified atom stereocenters. The Morgan fingerprint density at radius 3 is 2.73 bits per heavy atom. The van der Waals surface area contributed by atoms with Crippen molar-refractivity contribution in [1.82, 2.24) is 0 Å². The molecule has 0 aliphatic heterocycles. The Kier molecular flexibility index (Phi) is 4.73. The lowest BCUT2D eigenvalue weighted by Crippen LogP contribution is -2.31. The van der Waals surface area contributed by atoms with Gasteiger partial charge in [-0.2, -0.15) is 0 Å². The van der Waals surface area contributed by atoms with Crippen LogP contribution in [0.25, 0.3) is 0 Å². The summed E-state index contributed by atoms with van der Waals surface area (Å²) in [5.74, 6) is 0. The molecule has 0 amide bonds. The Balaban J connectivity index is 2.90. The van der Waals surface area contributed by atoms with Crippen LogP contribution in [-0.2, 0) is 0 Å². The fraction of sp³-hybridized carbons (Fsp3) is 0.455. The maximum atomic E-state index is 10.0. The number of hydrogen-bond acceptors (Lipinski definition) is 3. The summed E-state index contributed by atoms with van der Waals surface area (Å²) in [6.45, 7) is 2.45. The minimum Gasteiger partial charge on any atom is -0.387 e. The van der Waals surface area contributed by atoms with E-state index in [0.717, 1.165) is 15.6 Å². The van der Waals surface area contributed by atoms with Crippen molar-refractivity contribution in [2.45, 2.75) is 25.5 Å². The van der Waals surface area contributed by atoms with Gasteiger partial charge in [-0.25, -0.2) is 0 Å². The summed E-state index contributed by atoms with van der Waals surface area (Å²) < 4.78 is 0.985. The molecule has 0 aromatic heterocycles. The van der Waals surface area contributed by atoms with Gasteiger partial charge >= 0.3 is 0 Å². The first-order valence-electron chi connectivity index (χ1n) is 4.96. The van der Waals surface area contributed by atoms with E-state index in [1.54, 1.807) is 0 Å². The van der Waals surface area contributed by atoms with Gasteiger partial charge in [-0.1, -0.05) is 28.1 Å². The smallest absolute Gasteiger partial charge is 0.0944 e. The van der Waals surface area contributed by atoms with E-state index >= 15 is 0 Å². The van der Waals surface area contributed by atoms with E-state index in [-0.39, 0.29) is 6.04 Å². The number of aliphatic hydroxyl groups excluding tert-OH is 1. The third-order valence-electron chi connectivity index (χ3n) is 2.53. The molecule has 15 heavy (non-hydrogen) atoms. The highest BCUT2D eigenvalue weighted by atomic mass is 79.9. The molecule has 0 aliphatic rings. The van der Waals surface area contributed by atoms with Crippen molar-refractivity contribution in [3.63, 3.8) is 0 Å². The van der Waals surface area contributed by atoms with Crippen LogP contribution in [0.3, 0.4) is 0 Å². The first kappa shape index (κ1) is 12.6. The number of halogens is 1. The Bertz CT molecular complexity index is 330. The fourth-order valence-corrected chi connectivity index (χ4v) is 1.91. The van der Waals surface area contributed by atoms with Crippen LogP contribution in [0.1, 0.15) is 23.7 Å². The third-order valence-corrected chi connectivity index (χ3v) is 3.39. The highest BCUT2D eigenvalue weighted by Gasteiger charge is 2.18. The SMILES string of the molecule is Cc1c(Br)cccc1C(O)C(N)CCN. The fourth-order valence-electron chi connectivity index (χ4n) is 1.53. The lowest BCUT2D eigenvalue weighted by atomic mass is 9.97. The predicted molar refractivity (Wildman–Crippen MR) is 65.5 cm³/mol. The van der Waals surface area contributed by atoms with E-state index in [0.29, 0.717) is 13.0 Å². The van der Waals surface area contributed by atoms with Gasteiger partial charge in [-0.05, 0) is 37.1 Å². The standard InChI is InChI=1S/C11H17BrN2O/c1-7-8(3-2-4-9(7)12)11(15)10(14)5-6-13/h2-4,10-11,15H,5-6,13-14H2,1H3. The van der Waals surface area contributed by atoms with Crippen LogP contribution in [-0.4, -0.2) is 17.7 Å². The normalized spacial score (nSPS) is 15.0. The molecule has 0 fully saturated rings. The topological polar surface area (TPSA) is 72.3 Å². The molecule has 0 heterocycles. The summed E-state index contributed by atoms with van der Waals surface area (Å²) in [6, 6.07) is 5.43. The van der Waals surface area contributed by atoms with Crippen LogP contribution in [0, 0.1) is 6.92 Å². The molecule has 0 radical (unpaired) electrons. The number of rotatable bonds is 4. The van der Waals surface area contributed by atoms with Gasteiger partial charge in [0.05, 0.1) is 6.10 Å². The molecule has 0 spiro atoms. The van der Waals surface area contributed by atoms with E-state index in [1.807, 2.05) is 25.1 Å². The number of aliphatic hydroxyl groups is 1. The van der Waals surface area contributed by atoms with Gasteiger partial charge in [0.2, 0.25) is 0 Å². The van der Waals surface area contributed by atoms with E-state index in [9.17, 15) is 5.11 Å². The van der Waals surface area contributed by atoms with E-state index in [4.69, 9.17) is 11.5 Å². The van der Waals surface area contributed by atoms with Crippen LogP contribution in [0.5, 0.6) is 0 Å². The van der Waals surface area contributed by atoms with Crippen molar-refractivity contribution in [3.05, 3.63) is 33.8 Å². The maximum absolute atomic E-state index is 10.0. The van der Waals surface area contributed by atoms with Crippen molar-refractivity contribution in [1.29, 1.82) is 0 Å². The van der Waals surface area contributed by atoms with Crippen molar-refractivity contribution >= 4 is 15.9 Å². The largest absolute Gasteiger partial charge is 0.387 e. The van der Waals surface area contributed by atoms with Crippen molar-refractivity contribution < 1.29 is 5.11 Å². The van der Waals surface area contributed by atoms with Crippen LogP contribution in [0.2, 0.25) is 0 Å². The van der Waals surface area contributed by atoms with Crippen molar-refractivity contribution in [3.8, 4) is 0 Å². The van der Waals surface area contributed by atoms with E-state index in [1.165, 1.54) is 0 Å². The highest BCUT2D eigenvalue weighted by Crippen LogP contribution is 2.26. The van der Waals surface area contributed by atoms with E-state index in [2.05, 4.69) is 15.9 Å². The zero-order valence-electron chi connectivity index (χ0n) is 8.78. The zero-order chi connectivity index (χ0) is 11.4. The number of benzene rings is 1. The summed E-state index contributed by atoms with van der Waals surface area (Å²) >= 11 is 3.43. The Labute approximate surface area is 98.6 Å². The molecule has 4 heteroatoms. The van der Waals surface area contributed by atoms with Crippen LogP contribution < -0.4 is 11.5 Å². The summed E-state index contributed by atoms with van der Waals surface area (Å²) in [5, 5.41) is 10.0. The molecular formula is C11H17BrN2O. The highest BCUT2D eigenvalue weighted by molar-refractivity contribution is 9.10. The second kappa shape index (κ2) is 5.61. The molecule has 0 bridgehead atoms. The average Bonchev–Trinajstić information content (AvgIpc) is 2.21. The number of nitrogens with two attached hydrogens (primary N) is 2. The van der Waals surface area contributed by atoms with Gasteiger partial charge in [-0.3, -0.25) is 0 Å². The van der Waals surface area contributed by atoms with Crippen LogP contribution >= 0.6 is 15.9 Å². The summed E-state index contributed by atoms with van der Waals surface area (Å²) in [6.07, 6.45) is -0.0290. The van der Waals surface area contributed by atoms with Crippen LogP contribution in [0.4, 0.5) is 0 Å². The zero-order valence-corrected chi connectivity index (χ0v) is 10.4. The molecule has 5 N–H and O–H groups in total. The molecule has 1 aromatic carbocycles. The molecule has 1 rings (SSSR count). The molecule has 2 atom stereocenters. The molecule has 1 aromatic rings. The van der Waals surface area contributed by atoms with Gasteiger partial charge in [0.15, 0.2) is 0 Å². The van der Waals surface area contributed by atoms with E-state index < -0.39 is 6.10 Å². The van der Waals surface area contributed by atoms with Crippen LogP contribution in [0.15, 0.2) is 22.7 Å². The average molecular weight is 273 g/mol. The molecule has 3 nitrogen and oxygen atoms in total. The minimum absolute atomic E-state index is 0.303. The predicted octanol–water partition coefficient (Wildman–Crippen LogP) is 1.47. The summed E-state index contributed by atoms with van der Waals surface area (Å²) in [5.41, 5.74) is 13.1. The summed E-state index contributed by atoms with van der Waals surface area (Å²) in [4.78, 5) is 0. The third kappa shape index (κ3) is 3.01. The quantitative estimate of drug-likeness (QED) is 0.777. The lowest BCUT2D eigenvalue weighted by molar-refractivity contribution is 0.142. The molecule has 0 saturated carbocycles. The van der Waals surface area contributed by atoms with Gasteiger partial charge in [0, 0.05) is 10.5 Å². The van der Waals surface area contributed by atoms with Gasteiger partial charge < -0.3 is 16.6 Å². The van der Waals surface area contributed by atoms with Gasteiger partial charge in [-0.15, -0.1) is 0 Å². The summed E-state index contributed by atoms with van der Waals surface area (Å²) in [7, 11) is 0. The second-order valence-electron chi connectivity index (χ2n) is 3.64. The first-order chi connectivity index (χ1) is 7.07. The molecular weight excluding hydrogens is 256 g/mol. The minimum atomic E-state index is -0.647. The molecule has 0 aliphatic carbocycles. The van der Waals surface area contributed by atoms with Gasteiger partial charge in [0.1, 0.15) is 0 Å². The first-order valence-corrected chi connectivity index (χ1v) is 5.76. The molecule has 84 valence electrons. The van der Waals surface area contributed by atoms with Crippen molar-refractivity contribution in [2.24, 2.45) is 11.5 Å². The second-order valence-corrected chi connectivity index (χ2v) is 4.49. The maximum Gasteiger partial charge on any atom is 0.0944 e. The van der Waals surface area contributed by atoms with Crippen molar-refractivity contribution in [2.75, 3.05) is 6.54 Å². The monoisotopic (exact) mass is 272 g/mol. The lowest BCUT2D eigenvalue weighted by Gasteiger charge is -2.20. The van der Waals surface area contributed by atoms with Gasteiger partial charge in [0.25, 0.3) is 0 Å². The number of hydrogen-bond donors (Lipinski definition) is 3. The Morgan fingerprint density at radius 2 is 2.13 bits per heavy atom. The molecule has 0 saturated heterocycles. The Morgan fingerprint density at radius 1 is 1.47 bits per heavy atom.